The summed E-state index contributed by atoms with van der Waals surface area (Å²) in [6, 6.07) is 10.5. The summed E-state index contributed by atoms with van der Waals surface area (Å²) < 4.78 is 18.5. The van der Waals surface area contributed by atoms with Gasteiger partial charge in [0.2, 0.25) is 5.91 Å². The second-order valence-electron chi connectivity index (χ2n) is 5.70. The lowest BCUT2D eigenvalue weighted by Crippen LogP contribution is -2.36. The van der Waals surface area contributed by atoms with Gasteiger partial charge in [0.05, 0.1) is 12.8 Å². The summed E-state index contributed by atoms with van der Waals surface area (Å²) in [6.07, 6.45) is 0. The normalized spacial score (nSPS) is 10.2. The molecule has 0 spiro atoms. The van der Waals surface area contributed by atoms with Gasteiger partial charge in [-0.25, -0.2) is 4.39 Å². The minimum absolute atomic E-state index is 0.0560. The van der Waals surface area contributed by atoms with Crippen molar-refractivity contribution in [3.05, 3.63) is 64.4 Å². The van der Waals surface area contributed by atoms with Crippen LogP contribution in [0.1, 0.15) is 22.8 Å². The third-order valence-electron chi connectivity index (χ3n) is 3.68. The zero-order valence-electron chi connectivity index (χ0n) is 14.8. The summed E-state index contributed by atoms with van der Waals surface area (Å²) >= 11 is 6.14. The third kappa shape index (κ3) is 5.52. The lowest BCUT2D eigenvalue weighted by Gasteiger charge is -2.22. The summed E-state index contributed by atoms with van der Waals surface area (Å²) in [6.45, 7) is 0.975. The highest BCUT2D eigenvalue weighted by Gasteiger charge is 2.21. The van der Waals surface area contributed by atoms with E-state index in [-0.39, 0.29) is 24.3 Å². The standard InChI is InChI=1S/C19H18ClFN2O4/c1-12(24)22-17-9-13(7-8-16(17)21)19(26)23(11-18(25)27-2)10-14-5-3-4-6-15(14)20/h3-9H,10-11H2,1-2H3,(H,22,24). The number of ether oxygens (including phenoxy) is 1. The van der Waals surface area contributed by atoms with Crippen molar-refractivity contribution in [1.82, 2.24) is 4.90 Å². The van der Waals surface area contributed by atoms with Crippen LogP contribution in [0.25, 0.3) is 0 Å². The lowest BCUT2D eigenvalue weighted by atomic mass is 10.1. The molecule has 0 unspecified atom stereocenters. The molecule has 0 atom stereocenters. The van der Waals surface area contributed by atoms with Gasteiger partial charge in [0.15, 0.2) is 0 Å². The number of methoxy groups -OCH3 is 1. The Bertz CT molecular complexity index is 873. The number of benzene rings is 2. The zero-order valence-corrected chi connectivity index (χ0v) is 15.5. The molecule has 2 amide bonds. The summed E-state index contributed by atoms with van der Waals surface area (Å²) in [5, 5.41) is 2.76. The average molecular weight is 393 g/mol. The van der Waals surface area contributed by atoms with E-state index < -0.39 is 23.6 Å². The SMILES string of the molecule is COC(=O)CN(Cc1ccccc1Cl)C(=O)c1ccc(F)c(NC(C)=O)c1. The van der Waals surface area contributed by atoms with Gasteiger partial charge in [-0.1, -0.05) is 29.8 Å². The van der Waals surface area contributed by atoms with Gasteiger partial charge in [0, 0.05) is 24.1 Å². The van der Waals surface area contributed by atoms with Crippen LogP contribution in [0.3, 0.4) is 0 Å². The smallest absolute Gasteiger partial charge is 0.325 e. The predicted octanol–water partition coefficient (Wildman–Crippen LogP) is 3.25. The first-order chi connectivity index (χ1) is 12.8. The van der Waals surface area contributed by atoms with E-state index in [0.29, 0.717) is 10.6 Å². The maximum atomic E-state index is 13.8. The Kier molecular flexibility index (Phi) is 6.90. The molecular formula is C19H18ClFN2O4. The van der Waals surface area contributed by atoms with E-state index in [1.807, 2.05) is 0 Å². The fraction of sp³-hybridized carbons (Fsp3) is 0.211. The molecular weight excluding hydrogens is 375 g/mol. The maximum absolute atomic E-state index is 13.8. The number of nitrogens with zero attached hydrogens (tertiary/aromatic N) is 1. The van der Waals surface area contributed by atoms with E-state index in [4.69, 9.17) is 11.6 Å². The fourth-order valence-electron chi connectivity index (χ4n) is 2.38. The van der Waals surface area contributed by atoms with Crippen LogP contribution in [-0.2, 0) is 20.9 Å². The number of esters is 1. The quantitative estimate of drug-likeness (QED) is 0.766. The van der Waals surface area contributed by atoms with Gasteiger partial charge >= 0.3 is 5.97 Å². The second kappa shape index (κ2) is 9.14. The molecule has 0 aliphatic heterocycles. The highest BCUT2D eigenvalue weighted by molar-refractivity contribution is 6.31. The van der Waals surface area contributed by atoms with Gasteiger partial charge in [-0.05, 0) is 29.8 Å². The van der Waals surface area contributed by atoms with E-state index in [2.05, 4.69) is 10.1 Å². The summed E-state index contributed by atoms with van der Waals surface area (Å²) in [5.41, 5.74) is 0.626. The average Bonchev–Trinajstić information content (AvgIpc) is 2.63. The van der Waals surface area contributed by atoms with Crippen molar-refractivity contribution in [2.24, 2.45) is 0 Å². The van der Waals surface area contributed by atoms with Crippen LogP contribution >= 0.6 is 11.6 Å². The molecule has 2 rings (SSSR count). The van der Waals surface area contributed by atoms with Gasteiger partial charge in [0.1, 0.15) is 12.4 Å². The maximum Gasteiger partial charge on any atom is 0.325 e. The van der Waals surface area contributed by atoms with Gasteiger partial charge in [-0.3, -0.25) is 14.4 Å². The molecule has 2 aromatic carbocycles. The van der Waals surface area contributed by atoms with E-state index in [1.54, 1.807) is 24.3 Å². The molecule has 142 valence electrons. The number of halogens is 2. The molecule has 0 aliphatic rings. The van der Waals surface area contributed by atoms with Crippen molar-refractivity contribution >= 4 is 35.1 Å². The van der Waals surface area contributed by atoms with Crippen molar-refractivity contribution in [3.63, 3.8) is 0 Å². The zero-order chi connectivity index (χ0) is 20.0. The van der Waals surface area contributed by atoms with Crippen LogP contribution in [0.2, 0.25) is 5.02 Å². The molecule has 8 heteroatoms. The Balaban J connectivity index is 2.34. The lowest BCUT2D eigenvalue weighted by molar-refractivity contribution is -0.141. The highest BCUT2D eigenvalue weighted by Crippen LogP contribution is 2.21. The van der Waals surface area contributed by atoms with Crippen LogP contribution in [0.5, 0.6) is 0 Å². The number of hydrogen-bond donors (Lipinski definition) is 1. The number of carbonyl (C=O) groups is 3. The molecule has 1 N–H and O–H groups in total. The minimum Gasteiger partial charge on any atom is -0.468 e. The van der Waals surface area contributed by atoms with Crippen molar-refractivity contribution in [2.45, 2.75) is 13.5 Å². The van der Waals surface area contributed by atoms with E-state index in [1.165, 1.54) is 31.1 Å². The Morgan fingerprint density at radius 3 is 2.52 bits per heavy atom. The van der Waals surface area contributed by atoms with Crippen LogP contribution in [0.15, 0.2) is 42.5 Å². The Hall–Kier alpha value is -2.93. The van der Waals surface area contributed by atoms with E-state index >= 15 is 0 Å². The first kappa shape index (κ1) is 20.4. The van der Waals surface area contributed by atoms with Crippen molar-refractivity contribution in [3.8, 4) is 0 Å². The minimum atomic E-state index is -0.674. The third-order valence-corrected chi connectivity index (χ3v) is 4.05. The first-order valence-corrected chi connectivity index (χ1v) is 8.36. The molecule has 0 saturated carbocycles. The number of hydrogen-bond acceptors (Lipinski definition) is 4. The van der Waals surface area contributed by atoms with Gasteiger partial charge in [0.25, 0.3) is 5.91 Å². The van der Waals surface area contributed by atoms with Crippen molar-refractivity contribution < 1.29 is 23.5 Å². The monoisotopic (exact) mass is 392 g/mol. The molecule has 0 heterocycles. The Labute approximate surface area is 160 Å². The molecule has 0 aromatic heterocycles. The Morgan fingerprint density at radius 2 is 1.89 bits per heavy atom. The molecule has 0 radical (unpaired) electrons. The predicted molar refractivity (Wildman–Crippen MR) is 98.9 cm³/mol. The largest absolute Gasteiger partial charge is 0.468 e. The van der Waals surface area contributed by atoms with Gasteiger partial charge < -0.3 is 15.0 Å². The molecule has 2 aromatic rings. The number of anilines is 1. The molecule has 0 saturated heterocycles. The molecule has 0 fully saturated rings. The van der Waals surface area contributed by atoms with Crippen LogP contribution in [0, 0.1) is 5.82 Å². The Morgan fingerprint density at radius 1 is 1.19 bits per heavy atom. The van der Waals surface area contributed by atoms with Crippen molar-refractivity contribution in [2.75, 3.05) is 19.0 Å². The van der Waals surface area contributed by atoms with Crippen LogP contribution < -0.4 is 5.32 Å². The number of rotatable bonds is 6. The van der Waals surface area contributed by atoms with Crippen molar-refractivity contribution in [1.29, 1.82) is 0 Å². The first-order valence-electron chi connectivity index (χ1n) is 7.98. The summed E-state index contributed by atoms with van der Waals surface area (Å²) in [7, 11) is 1.22. The molecule has 0 aliphatic carbocycles. The summed E-state index contributed by atoms with van der Waals surface area (Å²) in [5.74, 6) is -2.29. The molecule has 0 bridgehead atoms. The molecule has 6 nitrogen and oxygen atoms in total. The van der Waals surface area contributed by atoms with Crippen LogP contribution in [0.4, 0.5) is 10.1 Å². The number of carbonyl (C=O) groups excluding carboxylic acids is 3. The molecule has 27 heavy (non-hydrogen) atoms. The summed E-state index contributed by atoms with van der Waals surface area (Å²) in [4.78, 5) is 37.1. The van der Waals surface area contributed by atoms with Gasteiger partial charge in [-0.2, -0.15) is 0 Å². The van der Waals surface area contributed by atoms with Crippen LogP contribution in [-0.4, -0.2) is 36.3 Å². The highest BCUT2D eigenvalue weighted by atomic mass is 35.5. The van der Waals surface area contributed by atoms with Gasteiger partial charge in [-0.15, -0.1) is 0 Å². The fourth-order valence-corrected chi connectivity index (χ4v) is 2.57. The number of amides is 2. The topological polar surface area (TPSA) is 75.7 Å². The van der Waals surface area contributed by atoms with E-state index in [9.17, 15) is 18.8 Å². The number of nitrogens with one attached hydrogen (secondary N) is 1. The van der Waals surface area contributed by atoms with E-state index in [0.717, 1.165) is 6.07 Å². The second-order valence-corrected chi connectivity index (χ2v) is 6.11.